The predicted octanol–water partition coefficient (Wildman–Crippen LogP) is 2.33. The minimum atomic E-state index is 0. The topological polar surface area (TPSA) is 0 Å². The molecule has 0 saturated heterocycles. The molecule has 7 heavy (non-hydrogen) atoms. The van der Waals surface area contributed by atoms with Gasteiger partial charge in [-0.2, -0.15) is 0 Å². The van der Waals surface area contributed by atoms with E-state index in [0.29, 0.717) is 0 Å². The molecule has 0 amide bonds. The van der Waals surface area contributed by atoms with Crippen LogP contribution in [0.3, 0.4) is 0 Å². The Kier molecular flexibility index (Phi) is 4.66. The Balaban J connectivity index is 0.000000360. The molecule has 1 aliphatic rings. The molecule has 0 aromatic carbocycles. The molecule has 0 atom stereocenters. The minimum absolute atomic E-state index is 0. The molecule has 0 radical (unpaired) electrons. The maximum absolute atomic E-state index is 1.54. The average molecular weight is 215 g/mol. The van der Waals surface area contributed by atoms with Gasteiger partial charge in [0.15, 0.2) is 0 Å². The van der Waals surface area contributed by atoms with Crippen LogP contribution in [0.2, 0.25) is 5.02 Å². The Labute approximate surface area is 65.5 Å². The molecule has 1 saturated carbocycles. The summed E-state index contributed by atoms with van der Waals surface area (Å²) in [4.78, 5) is 0. The van der Waals surface area contributed by atoms with Crippen molar-refractivity contribution in [1.82, 2.24) is 0 Å². The summed E-state index contributed by atoms with van der Waals surface area (Å²) in [5.74, 6) is 1.17. The molecule has 39 valence electrons. The van der Waals surface area contributed by atoms with Gasteiger partial charge < -0.3 is 0 Å². The van der Waals surface area contributed by atoms with E-state index in [4.69, 9.17) is 0 Å². The first-order valence-electron chi connectivity index (χ1n) is 2.72. The Morgan fingerprint density at radius 1 is 1.43 bits per heavy atom. The van der Waals surface area contributed by atoms with Crippen molar-refractivity contribution in [2.24, 2.45) is 5.92 Å². The summed E-state index contributed by atoms with van der Waals surface area (Å²) in [6, 6.07) is 0. The zero-order chi connectivity index (χ0) is 4.41. The third kappa shape index (κ3) is 2.23. The Morgan fingerprint density at radius 2 is 2.00 bits per heavy atom. The van der Waals surface area contributed by atoms with Crippen molar-refractivity contribution in [3.63, 3.8) is 0 Å². The first-order valence-corrected chi connectivity index (χ1v) is 4.82. The van der Waals surface area contributed by atoms with Crippen molar-refractivity contribution in [3.05, 3.63) is 0 Å². The third-order valence-electron chi connectivity index (χ3n) is 1.63. The van der Waals surface area contributed by atoms with Gasteiger partial charge in [0.05, 0.1) is 0 Å². The number of hydrogen-bond donors (Lipinski definition) is 0. The molecule has 1 aliphatic carbocycles. The van der Waals surface area contributed by atoms with Gasteiger partial charge in [-0.15, -0.1) is 17.0 Å². The summed E-state index contributed by atoms with van der Waals surface area (Å²) in [5, 5.41) is 1.54. The van der Waals surface area contributed by atoms with Crippen LogP contribution < -0.4 is 0 Å². The van der Waals surface area contributed by atoms with Crippen molar-refractivity contribution >= 4 is 17.0 Å². The Morgan fingerprint density at radius 3 is 2.00 bits per heavy atom. The fraction of sp³-hybridized carbons (Fsp3) is 1.00. The molecule has 0 nitrogen and oxygen atoms in total. The molecule has 0 spiro atoms. The van der Waals surface area contributed by atoms with Crippen LogP contribution in [0.15, 0.2) is 0 Å². The molecule has 0 aliphatic heterocycles. The van der Waals surface area contributed by atoms with E-state index in [0.717, 1.165) is 0 Å². The van der Waals surface area contributed by atoms with E-state index in [-0.39, 0.29) is 17.0 Å². The molecule has 1 rings (SSSR count). The summed E-state index contributed by atoms with van der Waals surface area (Å²) in [6.07, 6.45) is 4.60. The molecule has 0 N–H and O–H groups in total. The summed E-state index contributed by atoms with van der Waals surface area (Å²) in [6.45, 7) is 0. The van der Waals surface area contributed by atoms with Crippen LogP contribution in [-0.4, -0.2) is 0 Å². The van der Waals surface area contributed by atoms with Crippen LogP contribution in [0.4, 0.5) is 0 Å². The second kappa shape index (κ2) is 4.03. The fourth-order valence-corrected chi connectivity index (χ4v) is 1.99. The van der Waals surface area contributed by atoms with Crippen molar-refractivity contribution in [2.75, 3.05) is 0 Å². The van der Waals surface area contributed by atoms with Crippen LogP contribution in [0, 0.1) is 5.92 Å². The summed E-state index contributed by atoms with van der Waals surface area (Å²) >= 11 is 1.52. The van der Waals surface area contributed by atoms with E-state index in [1.807, 2.05) is 0 Å². The second-order valence-electron chi connectivity index (χ2n) is 2.09. The molecule has 0 heterocycles. The standard InChI is InChI=1S/C5H9.BrH.Zn/c1-5-3-2-4-5;;/h5H,1-4H2;1H;. The van der Waals surface area contributed by atoms with Gasteiger partial charge in [0.2, 0.25) is 0 Å². The first kappa shape index (κ1) is 8.10. The molecular weight excluding hydrogens is 205 g/mol. The van der Waals surface area contributed by atoms with E-state index in [1.54, 1.807) is 17.9 Å². The van der Waals surface area contributed by atoms with Crippen LogP contribution in [0.1, 0.15) is 19.3 Å². The summed E-state index contributed by atoms with van der Waals surface area (Å²) < 4.78 is 0. The molecule has 0 aromatic rings. The van der Waals surface area contributed by atoms with Gasteiger partial charge in [-0.25, -0.2) is 0 Å². The van der Waals surface area contributed by atoms with Crippen LogP contribution in [0.25, 0.3) is 0 Å². The van der Waals surface area contributed by atoms with Gasteiger partial charge in [0.25, 0.3) is 0 Å². The second-order valence-corrected chi connectivity index (χ2v) is 3.30. The van der Waals surface area contributed by atoms with Crippen LogP contribution >= 0.6 is 17.0 Å². The Bertz CT molecular complexity index is 40.6. The summed E-state index contributed by atoms with van der Waals surface area (Å²) in [7, 11) is 0. The van der Waals surface area contributed by atoms with E-state index in [2.05, 4.69) is 0 Å². The normalized spacial score (nSPS) is 20.3. The van der Waals surface area contributed by atoms with Gasteiger partial charge in [-0.1, -0.05) is 0 Å². The van der Waals surface area contributed by atoms with Crippen molar-refractivity contribution < 1.29 is 18.3 Å². The maximum atomic E-state index is 1.54. The summed E-state index contributed by atoms with van der Waals surface area (Å²) in [5.41, 5.74) is 0. The van der Waals surface area contributed by atoms with Crippen molar-refractivity contribution in [3.8, 4) is 0 Å². The van der Waals surface area contributed by atoms with Crippen LogP contribution in [0.5, 0.6) is 0 Å². The zero-order valence-corrected chi connectivity index (χ0v) is 9.20. The average Bonchev–Trinajstić information content (AvgIpc) is 1.31. The van der Waals surface area contributed by atoms with E-state index in [1.165, 1.54) is 30.6 Å². The van der Waals surface area contributed by atoms with Gasteiger partial charge in [-0.05, 0) is 0 Å². The Hall–Kier alpha value is 1.10. The first-order chi connectivity index (χ1) is 2.93. The number of halogens is 1. The monoisotopic (exact) mass is 213 g/mol. The molecular formula is C5H10BrZn. The van der Waals surface area contributed by atoms with Gasteiger partial charge in [-0.3, -0.25) is 0 Å². The molecule has 1 fully saturated rings. The van der Waals surface area contributed by atoms with Crippen molar-refractivity contribution in [2.45, 2.75) is 24.3 Å². The van der Waals surface area contributed by atoms with Gasteiger partial charge in [0.1, 0.15) is 0 Å². The SMILES string of the molecule is Br.[Zn][CH2]C1CCC1. The van der Waals surface area contributed by atoms with E-state index in [9.17, 15) is 0 Å². The molecule has 0 aromatic heterocycles. The predicted molar refractivity (Wildman–Crippen MR) is 32.5 cm³/mol. The fourth-order valence-electron chi connectivity index (χ4n) is 0.781. The van der Waals surface area contributed by atoms with Crippen LogP contribution in [-0.2, 0) is 18.3 Å². The van der Waals surface area contributed by atoms with E-state index < -0.39 is 0 Å². The van der Waals surface area contributed by atoms with E-state index >= 15 is 0 Å². The van der Waals surface area contributed by atoms with Gasteiger partial charge in [0, 0.05) is 0 Å². The molecule has 2 heteroatoms. The molecule has 0 unspecified atom stereocenters. The number of hydrogen-bond acceptors (Lipinski definition) is 0. The molecule has 0 bridgehead atoms. The van der Waals surface area contributed by atoms with Gasteiger partial charge >= 0.3 is 48.5 Å². The third-order valence-corrected chi connectivity index (χ3v) is 3.35. The number of rotatable bonds is 1. The quantitative estimate of drug-likeness (QED) is 0.589. The zero-order valence-electron chi connectivity index (χ0n) is 4.52. The van der Waals surface area contributed by atoms with Crippen molar-refractivity contribution in [1.29, 1.82) is 0 Å².